The van der Waals surface area contributed by atoms with Crippen LogP contribution in [0.2, 0.25) is 0 Å². The number of amides is 8. The highest BCUT2D eigenvalue weighted by Gasteiger charge is 2.56. The monoisotopic (exact) mass is 2210 g/mol. The van der Waals surface area contributed by atoms with Crippen LogP contribution in [0.5, 0.6) is 0 Å². The summed E-state index contributed by atoms with van der Waals surface area (Å²) in [7, 11) is 0. The van der Waals surface area contributed by atoms with E-state index in [-0.39, 0.29) is 46.2 Å². The molecule has 6 aliphatic heterocycles. The summed E-state index contributed by atoms with van der Waals surface area (Å²) >= 11 is 30.2. The van der Waals surface area contributed by atoms with E-state index < -0.39 is 35.2 Å². The van der Waals surface area contributed by atoms with Crippen molar-refractivity contribution in [2.75, 3.05) is 26.2 Å². The quantitative estimate of drug-likeness (QED) is 0.0360. The summed E-state index contributed by atoms with van der Waals surface area (Å²) in [6.45, 7) is 40.2. The average molecular weight is 2220 g/mol. The highest BCUT2D eigenvalue weighted by molar-refractivity contribution is 9.12. The van der Waals surface area contributed by atoms with E-state index in [1.807, 2.05) is 56.0 Å². The zero-order valence-electron chi connectivity index (χ0n) is 76.4. The minimum Gasteiger partial charge on any atom is -0.443 e. The van der Waals surface area contributed by atoms with Crippen molar-refractivity contribution in [3.63, 3.8) is 0 Å². The molecule has 0 saturated carbocycles. The van der Waals surface area contributed by atoms with Gasteiger partial charge in [0.15, 0.2) is 0 Å². The summed E-state index contributed by atoms with van der Waals surface area (Å²) < 4.78 is 16.5. The number of ether oxygens (including phenoxy) is 2. The SMILES string of the molecule is CC(C)(C)OC(=O)N1C(=O)C2=C(c3ccc(Br)s3)N(C(=O)OC(C)(C)C)C(=O)C2=C1c1ccc(Br)s1.CC(C)CCCC(C)CCCC(C)CCN1C(=O)C2=C(c3ccc(Br)s3)N(CCC(C)CCCC(C)CCCC(C)C)C(=O)C2=C1c1ccc(Br)s1.CCCCC(CC)CN1C(=O)C2=C(c3ccc(Br)s3)N(CC(CC)CCCC)C(=O)C2=C1c1ccc(Br)s1. The molecule has 12 rings (SSSR count). The molecular weight excluding hydrogens is 2090 g/mol. The van der Waals surface area contributed by atoms with Gasteiger partial charge in [-0.15, -0.1) is 68.0 Å². The van der Waals surface area contributed by atoms with E-state index in [4.69, 9.17) is 9.47 Å². The van der Waals surface area contributed by atoms with Crippen molar-refractivity contribution >= 4 is 245 Å². The van der Waals surface area contributed by atoms with Gasteiger partial charge in [0.2, 0.25) is 0 Å². The lowest BCUT2D eigenvalue weighted by Crippen LogP contribution is -2.40. The molecule has 0 aromatic carbocycles. The number of thiophene rings is 6. The fourth-order valence-corrected chi connectivity index (χ4v) is 25.6. The maximum atomic E-state index is 14.6. The van der Waals surface area contributed by atoms with Gasteiger partial charge >= 0.3 is 12.2 Å². The molecule has 0 spiro atoms. The van der Waals surface area contributed by atoms with Crippen molar-refractivity contribution in [2.24, 2.45) is 47.3 Å². The molecule has 6 aromatic heterocycles. The first-order valence-corrected chi connectivity index (χ1v) is 54.8. The second-order valence-corrected chi connectivity index (χ2v) is 52.1. The smallest absolute Gasteiger partial charge is 0.422 e. The standard InChI is InChI=1S/C44H66Br2N2O2S2.C30H38Br2N2O2S2.C24H22Br2N2O6S2/c1-29(2)13-9-15-31(5)17-11-19-33(7)25-27-47-41(35-21-23-37(45)51-35)39-40(43(47)49)42(36-22-24-38(46)52-36)48(44(39)50)28-26-34(8)20-12-18-32(6)16-10-14-30(3)4;1-5-9-11-19(7-3)17-33-27(21-13-15-23(31)37-21)25-26(29(33)35)28(22-14-16-24(32)38-22)34(30(25)36)18-20(8-4)12-10-6-2;1-23(2,3)33-21(31)27-17(11-7-9-13(25)35-11)15-16(19(27)29)18(12-8-10-14(26)36-12)28(20(15)30)22(32)34-24(4,5)6/h21-24,29-34H,9-20,25-28H2,1-8H3;13-16,19-20H,5-12,17-18H2,1-4H3;7-10H,1-6H3. The Balaban J connectivity index is 0.000000202. The molecule has 6 atom stereocenters. The van der Waals surface area contributed by atoms with E-state index in [0.29, 0.717) is 81.9 Å². The Morgan fingerprint density at radius 2 is 0.540 bits per heavy atom. The van der Waals surface area contributed by atoms with Crippen LogP contribution in [0.15, 0.2) is 129 Å². The van der Waals surface area contributed by atoms with Gasteiger partial charge < -0.3 is 29.1 Å². The molecule has 0 bridgehead atoms. The predicted octanol–water partition coefficient (Wildman–Crippen LogP) is 31.0. The number of fused-ring (bicyclic) bond motifs is 3. The third kappa shape index (κ3) is 26.0. The first-order valence-electron chi connectivity index (χ1n) is 45.1. The fourth-order valence-electron chi connectivity index (χ4n) is 17.0. The Kier molecular flexibility index (Phi) is 38.4. The van der Waals surface area contributed by atoms with Gasteiger partial charge in [0.25, 0.3) is 35.4 Å². The predicted molar refractivity (Wildman–Crippen MR) is 544 cm³/mol. The van der Waals surface area contributed by atoms with Gasteiger partial charge in [-0.05, 0) is 283 Å². The Morgan fingerprint density at radius 1 is 0.310 bits per heavy atom. The molecule has 0 saturated heterocycles. The molecular formula is C98H126Br6N6O10S6. The van der Waals surface area contributed by atoms with Gasteiger partial charge in [-0.25, -0.2) is 19.4 Å². The number of imide groups is 2. The normalized spacial score (nSPS) is 17.1. The number of hydrogen-bond donors (Lipinski definition) is 0. The van der Waals surface area contributed by atoms with Crippen molar-refractivity contribution in [1.82, 2.24) is 29.4 Å². The van der Waals surface area contributed by atoms with Crippen molar-refractivity contribution in [2.45, 2.75) is 277 Å². The van der Waals surface area contributed by atoms with E-state index in [1.54, 1.807) is 111 Å². The molecule has 16 nitrogen and oxygen atoms in total. The Labute approximate surface area is 823 Å². The second-order valence-electron chi connectivity index (χ2n) is 37.3. The largest absolute Gasteiger partial charge is 0.443 e. The molecule has 0 N–H and O–H groups in total. The van der Waals surface area contributed by atoms with Crippen molar-refractivity contribution in [3.8, 4) is 0 Å². The minimum atomic E-state index is -0.912. The van der Waals surface area contributed by atoms with E-state index in [2.05, 4.69) is 191 Å². The van der Waals surface area contributed by atoms with Crippen molar-refractivity contribution in [3.05, 3.63) is 158 Å². The second kappa shape index (κ2) is 46.8. The van der Waals surface area contributed by atoms with Crippen LogP contribution in [-0.2, 0) is 38.2 Å². The van der Waals surface area contributed by atoms with Gasteiger partial charge in [0.05, 0.1) is 120 Å². The molecule has 8 amide bonds. The third-order valence-corrected chi connectivity index (χ3v) is 33.5. The number of nitrogens with zero attached hydrogens (tertiary/aromatic N) is 6. The van der Waals surface area contributed by atoms with Crippen molar-refractivity contribution in [1.29, 1.82) is 0 Å². The van der Waals surface area contributed by atoms with Crippen LogP contribution in [0.4, 0.5) is 9.59 Å². The van der Waals surface area contributed by atoms with Crippen LogP contribution in [0.25, 0.3) is 34.2 Å². The summed E-state index contributed by atoms with van der Waals surface area (Å²) in [6, 6.07) is 23.2. The molecule has 6 aliphatic rings. The van der Waals surface area contributed by atoms with Crippen molar-refractivity contribution < 1.29 is 47.8 Å². The highest BCUT2D eigenvalue weighted by atomic mass is 79.9. The third-order valence-electron chi connectivity index (χ3n) is 23.8. The maximum absolute atomic E-state index is 14.6. The first kappa shape index (κ1) is 103. The lowest BCUT2D eigenvalue weighted by atomic mass is 9.92. The number of halogens is 6. The van der Waals surface area contributed by atoms with Gasteiger partial charge in [0, 0.05) is 26.2 Å². The van der Waals surface area contributed by atoms with Gasteiger partial charge in [-0.1, -0.05) is 199 Å². The zero-order chi connectivity index (χ0) is 92.1. The van der Waals surface area contributed by atoms with E-state index >= 15 is 0 Å². The number of carbonyl (C=O) groups is 8. The Hall–Kier alpha value is -4.72. The van der Waals surface area contributed by atoms with Crippen LogP contribution in [0, 0.1) is 47.3 Å². The Morgan fingerprint density at radius 3 is 0.770 bits per heavy atom. The molecule has 0 fully saturated rings. The molecule has 6 unspecified atom stereocenters. The number of carbonyl (C=O) groups excluding carboxylic acids is 8. The summed E-state index contributed by atoms with van der Waals surface area (Å²) in [5.41, 5.74) is 3.89. The van der Waals surface area contributed by atoms with Gasteiger partial charge in [-0.2, -0.15) is 0 Å². The fraction of sp³-hybridized carbons (Fsp3) is 0.551. The topological polar surface area (TPSA) is 174 Å². The first-order chi connectivity index (χ1) is 59.7. The number of hydrogen-bond acceptors (Lipinski definition) is 16. The maximum Gasteiger partial charge on any atom is 0.422 e. The van der Waals surface area contributed by atoms with Crippen LogP contribution < -0.4 is 0 Å². The molecule has 6 aromatic rings. The van der Waals surface area contributed by atoms with E-state index in [1.165, 1.54) is 99.7 Å². The summed E-state index contributed by atoms with van der Waals surface area (Å²) in [5, 5.41) is 0. The van der Waals surface area contributed by atoms with Gasteiger partial charge in [0.1, 0.15) is 11.2 Å². The molecule has 28 heteroatoms. The summed E-state index contributed by atoms with van der Waals surface area (Å²) in [4.78, 5) is 127. The lowest BCUT2D eigenvalue weighted by Gasteiger charge is -2.29. The number of unbranched alkanes of at least 4 members (excludes halogenated alkanes) is 2. The summed E-state index contributed by atoms with van der Waals surface area (Å²) in [6.07, 6.45) is 24.1. The van der Waals surface area contributed by atoms with Crippen LogP contribution in [0.1, 0.15) is 295 Å². The molecule has 12 heterocycles. The molecule has 0 aliphatic carbocycles. The van der Waals surface area contributed by atoms with Crippen LogP contribution in [-0.4, -0.2) is 114 Å². The Bertz CT molecular complexity index is 4800. The lowest BCUT2D eigenvalue weighted by molar-refractivity contribution is -0.124. The molecule has 126 heavy (non-hydrogen) atoms. The molecule has 0 radical (unpaired) electrons. The van der Waals surface area contributed by atoms with E-state index in [0.717, 1.165) is 163 Å². The van der Waals surface area contributed by atoms with Gasteiger partial charge in [-0.3, -0.25) is 28.8 Å². The minimum absolute atomic E-state index is 0.0182. The number of rotatable bonds is 40. The van der Waals surface area contributed by atoms with Crippen LogP contribution in [0.3, 0.4) is 0 Å². The van der Waals surface area contributed by atoms with Crippen LogP contribution >= 0.6 is 164 Å². The van der Waals surface area contributed by atoms with E-state index in [9.17, 15) is 38.4 Å². The highest BCUT2D eigenvalue weighted by Crippen LogP contribution is 2.55. The average Bonchev–Trinajstić information content (AvgIpc) is 1.60. The zero-order valence-corrected chi connectivity index (χ0v) is 90.8. The molecule has 686 valence electrons. The summed E-state index contributed by atoms with van der Waals surface area (Å²) in [5.74, 6) is 3.36.